The van der Waals surface area contributed by atoms with E-state index in [-0.39, 0.29) is 5.82 Å². The van der Waals surface area contributed by atoms with Crippen LogP contribution in [0.3, 0.4) is 0 Å². The number of amides is 1. The molecule has 8 heteroatoms. The van der Waals surface area contributed by atoms with Crippen LogP contribution < -0.4 is 5.43 Å². The van der Waals surface area contributed by atoms with Crippen LogP contribution in [-0.2, 0) is 11.8 Å². The summed E-state index contributed by atoms with van der Waals surface area (Å²) >= 11 is 6.50. The molecule has 0 fully saturated rings. The van der Waals surface area contributed by atoms with Gasteiger partial charge in [-0.25, -0.2) is 4.39 Å². The summed E-state index contributed by atoms with van der Waals surface area (Å²) in [6.07, 6.45) is 5.49. The quantitative estimate of drug-likeness (QED) is 0.181. The van der Waals surface area contributed by atoms with E-state index in [1.54, 1.807) is 12.1 Å². The summed E-state index contributed by atoms with van der Waals surface area (Å²) < 4.78 is 15.6. The predicted molar refractivity (Wildman–Crippen MR) is 141 cm³/mol. The second kappa shape index (κ2) is 10.9. The number of allylic oxidation sites excluding steroid dienone is 1. The van der Waals surface area contributed by atoms with E-state index < -0.39 is 5.91 Å². The number of carbonyl (C=O) groups is 1. The maximum Gasteiger partial charge on any atom is 0.260 e. The molecule has 0 unspecified atom stereocenters. The first kappa shape index (κ1) is 25.3. The highest BCUT2D eigenvalue weighted by Crippen LogP contribution is 2.38. The molecule has 2 N–H and O–H groups in total. The standard InChI is InChI=1S/C28H26ClFN4O2/c1-4-23(24-12-11-22(30)16-25(24)29)28(20-10-13-26-21(15-20)17-31-33(26)2)19-8-5-18(6-9-19)7-14-27(35)32-34(3)36/h5-17,36H,4H2,1-3H3,(H,32,35)/b14-7+,28-23+. The topological polar surface area (TPSA) is 70.4 Å². The number of hydrazine groups is 1. The van der Waals surface area contributed by atoms with E-state index >= 15 is 0 Å². The minimum atomic E-state index is -0.450. The fourth-order valence-corrected chi connectivity index (χ4v) is 4.48. The molecule has 0 aliphatic heterocycles. The van der Waals surface area contributed by atoms with Crippen molar-refractivity contribution in [3.63, 3.8) is 0 Å². The van der Waals surface area contributed by atoms with Crippen LogP contribution in [0.4, 0.5) is 4.39 Å². The van der Waals surface area contributed by atoms with Gasteiger partial charge in [0.25, 0.3) is 5.91 Å². The Balaban J connectivity index is 1.84. The highest BCUT2D eigenvalue weighted by atomic mass is 35.5. The van der Waals surface area contributed by atoms with E-state index in [0.717, 1.165) is 44.3 Å². The van der Waals surface area contributed by atoms with Gasteiger partial charge < -0.3 is 0 Å². The number of hydrogen-bond acceptors (Lipinski definition) is 4. The molecule has 0 saturated carbocycles. The molecule has 0 aliphatic carbocycles. The lowest BCUT2D eigenvalue weighted by Gasteiger charge is -2.18. The number of nitrogens with zero attached hydrogens (tertiary/aromatic N) is 3. The van der Waals surface area contributed by atoms with Crippen LogP contribution in [0.1, 0.15) is 35.6 Å². The third-order valence-electron chi connectivity index (χ3n) is 5.84. The maximum atomic E-state index is 13.8. The minimum Gasteiger partial charge on any atom is -0.295 e. The van der Waals surface area contributed by atoms with Crippen molar-refractivity contribution in [1.82, 2.24) is 20.4 Å². The number of halogens is 2. The van der Waals surface area contributed by atoms with Crippen molar-refractivity contribution in [2.45, 2.75) is 13.3 Å². The highest BCUT2D eigenvalue weighted by molar-refractivity contribution is 6.32. The summed E-state index contributed by atoms with van der Waals surface area (Å²) in [6.45, 7) is 2.05. The van der Waals surface area contributed by atoms with E-state index in [1.807, 2.05) is 55.2 Å². The molecule has 4 rings (SSSR count). The van der Waals surface area contributed by atoms with Gasteiger partial charge >= 0.3 is 0 Å². The zero-order valence-corrected chi connectivity index (χ0v) is 20.9. The van der Waals surface area contributed by atoms with Gasteiger partial charge in [-0.2, -0.15) is 5.10 Å². The number of benzene rings is 3. The first-order valence-corrected chi connectivity index (χ1v) is 11.8. The monoisotopic (exact) mass is 504 g/mol. The van der Waals surface area contributed by atoms with Gasteiger partial charge in [0.05, 0.1) is 16.7 Å². The summed E-state index contributed by atoms with van der Waals surface area (Å²) in [6, 6.07) is 18.4. The lowest BCUT2D eigenvalue weighted by atomic mass is 9.87. The van der Waals surface area contributed by atoms with Crippen LogP contribution in [0.25, 0.3) is 28.1 Å². The van der Waals surface area contributed by atoms with E-state index in [4.69, 9.17) is 16.8 Å². The average Bonchev–Trinajstić information content (AvgIpc) is 3.21. The summed E-state index contributed by atoms with van der Waals surface area (Å²) in [5, 5.41) is 15.4. The summed E-state index contributed by atoms with van der Waals surface area (Å²) in [4.78, 5) is 11.8. The Bertz CT molecular complexity index is 1470. The molecule has 1 aromatic heterocycles. The molecule has 0 spiro atoms. The van der Waals surface area contributed by atoms with Crippen molar-refractivity contribution in [3.05, 3.63) is 106 Å². The molecule has 0 radical (unpaired) electrons. The van der Waals surface area contributed by atoms with Crippen LogP contribution in [0.15, 0.2) is 72.9 Å². The van der Waals surface area contributed by atoms with E-state index in [2.05, 4.69) is 22.7 Å². The number of aryl methyl sites for hydroxylation is 1. The number of hydroxylamine groups is 1. The largest absolute Gasteiger partial charge is 0.295 e. The number of hydrogen-bond donors (Lipinski definition) is 2. The third kappa shape index (κ3) is 5.54. The summed E-state index contributed by atoms with van der Waals surface area (Å²) in [5.41, 5.74) is 8.75. The Hall–Kier alpha value is -3.78. The number of nitrogens with one attached hydrogen (secondary N) is 1. The van der Waals surface area contributed by atoms with Gasteiger partial charge in [0.1, 0.15) is 5.82 Å². The fourth-order valence-electron chi connectivity index (χ4n) is 4.20. The maximum absolute atomic E-state index is 13.8. The van der Waals surface area contributed by atoms with Gasteiger partial charge in [-0.3, -0.25) is 20.1 Å². The molecule has 0 saturated heterocycles. The van der Waals surface area contributed by atoms with Crippen molar-refractivity contribution >= 4 is 45.6 Å². The Morgan fingerprint density at radius 3 is 2.53 bits per heavy atom. The first-order chi connectivity index (χ1) is 17.3. The molecule has 0 aliphatic rings. The number of aromatic nitrogens is 2. The van der Waals surface area contributed by atoms with Gasteiger partial charge in [-0.15, -0.1) is 5.17 Å². The third-order valence-corrected chi connectivity index (χ3v) is 6.16. The summed E-state index contributed by atoms with van der Waals surface area (Å²) in [5.74, 6) is -0.834. The van der Waals surface area contributed by atoms with Crippen LogP contribution in [-0.4, -0.2) is 33.1 Å². The van der Waals surface area contributed by atoms with Crippen LogP contribution in [0.2, 0.25) is 5.02 Å². The molecule has 1 heterocycles. The zero-order chi connectivity index (χ0) is 25.8. The second-order valence-corrected chi connectivity index (χ2v) is 8.74. The van der Waals surface area contributed by atoms with Gasteiger partial charge in [-0.1, -0.05) is 54.9 Å². The van der Waals surface area contributed by atoms with Crippen LogP contribution >= 0.6 is 11.6 Å². The van der Waals surface area contributed by atoms with E-state index in [0.29, 0.717) is 16.6 Å². The molecule has 4 aromatic rings. The van der Waals surface area contributed by atoms with Gasteiger partial charge in [-0.05, 0) is 70.2 Å². The molecular weight excluding hydrogens is 479 g/mol. The molecule has 0 atom stereocenters. The van der Waals surface area contributed by atoms with E-state index in [9.17, 15) is 9.18 Å². The Morgan fingerprint density at radius 2 is 1.86 bits per heavy atom. The Morgan fingerprint density at radius 1 is 1.14 bits per heavy atom. The lowest BCUT2D eigenvalue weighted by Crippen LogP contribution is -2.35. The summed E-state index contributed by atoms with van der Waals surface area (Å²) in [7, 11) is 3.22. The van der Waals surface area contributed by atoms with Gasteiger partial charge in [0.2, 0.25) is 0 Å². The minimum absolute atomic E-state index is 0.353. The SMILES string of the molecule is CC/C(=C(/c1ccc(/C=C/C(=O)NN(C)O)cc1)c1ccc2c(cnn2C)c1)c1ccc(F)cc1Cl. The smallest absolute Gasteiger partial charge is 0.260 e. The van der Waals surface area contributed by atoms with Gasteiger partial charge in [0.15, 0.2) is 0 Å². The van der Waals surface area contributed by atoms with Crippen molar-refractivity contribution in [1.29, 1.82) is 0 Å². The predicted octanol–water partition coefficient (Wildman–Crippen LogP) is 6.10. The van der Waals surface area contributed by atoms with Crippen molar-refractivity contribution in [2.24, 2.45) is 7.05 Å². The first-order valence-electron chi connectivity index (χ1n) is 11.4. The molecule has 0 bridgehead atoms. The zero-order valence-electron chi connectivity index (χ0n) is 20.2. The van der Waals surface area contributed by atoms with Crippen LogP contribution in [0.5, 0.6) is 0 Å². The van der Waals surface area contributed by atoms with Crippen molar-refractivity contribution in [2.75, 3.05) is 7.05 Å². The second-order valence-electron chi connectivity index (χ2n) is 8.33. The van der Waals surface area contributed by atoms with Crippen molar-refractivity contribution < 1.29 is 14.4 Å². The molecule has 1 amide bonds. The number of fused-ring (bicyclic) bond motifs is 1. The molecular formula is C28H26ClFN4O2. The fraction of sp³-hybridized carbons (Fsp3) is 0.143. The van der Waals surface area contributed by atoms with Gasteiger partial charge in [0, 0.05) is 25.6 Å². The van der Waals surface area contributed by atoms with E-state index in [1.165, 1.54) is 25.3 Å². The number of carbonyl (C=O) groups excluding carboxylic acids is 1. The van der Waals surface area contributed by atoms with Crippen molar-refractivity contribution in [3.8, 4) is 0 Å². The van der Waals surface area contributed by atoms with Crippen LogP contribution in [0, 0.1) is 5.82 Å². The molecule has 184 valence electrons. The normalized spacial score (nSPS) is 12.4. The Labute approximate surface area is 213 Å². The average molecular weight is 505 g/mol. The lowest BCUT2D eigenvalue weighted by molar-refractivity contribution is -0.146. The Kier molecular flexibility index (Phi) is 7.64. The molecule has 3 aromatic carbocycles. The number of rotatable bonds is 7. The molecule has 6 nitrogen and oxygen atoms in total. The molecule has 36 heavy (non-hydrogen) atoms. The highest BCUT2D eigenvalue weighted by Gasteiger charge is 2.17.